The predicted octanol–water partition coefficient (Wildman–Crippen LogP) is 3.85. The van der Waals surface area contributed by atoms with Crippen LogP contribution in [-0.4, -0.2) is 5.78 Å². The highest BCUT2D eigenvalue weighted by Crippen LogP contribution is 2.18. The lowest BCUT2D eigenvalue weighted by atomic mass is 10.0. The van der Waals surface area contributed by atoms with E-state index in [-0.39, 0.29) is 16.1 Å². The third-order valence-corrected chi connectivity index (χ3v) is 2.50. The van der Waals surface area contributed by atoms with Crippen LogP contribution >= 0.6 is 11.6 Å². The van der Waals surface area contributed by atoms with Crippen LogP contribution in [0, 0.1) is 11.6 Å². The average molecular weight is 253 g/mol. The molecule has 0 unspecified atom stereocenters. The molecular formula is C13H7ClF2O. The van der Waals surface area contributed by atoms with Crippen molar-refractivity contribution in [3.8, 4) is 0 Å². The second kappa shape index (κ2) is 4.63. The van der Waals surface area contributed by atoms with Gasteiger partial charge >= 0.3 is 0 Å². The minimum absolute atomic E-state index is 0.103. The molecule has 2 rings (SSSR count). The first-order chi connectivity index (χ1) is 8.08. The largest absolute Gasteiger partial charge is 0.288 e. The van der Waals surface area contributed by atoms with E-state index in [2.05, 4.69) is 0 Å². The van der Waals surface area contributed by atoms with Crippen molar-refractivity contribution >= 4 is 17.4 Å². The SMILES string of the molecule is O=C(c1cccc(F)c1)c1ccc(Cl)cc1F. The van der Waals surface area contributed by atoms with Crippen LogP contribution in [0.3, 0.4) is 0 Å². The lowest BCUT2D eigenvalue weighted by molar-refractivity contribution is 0.103. The van der Waals surface area contributed by atoms with E-state index in [0.29, 0.717) is 0 Å². The molecule has 0 heterocycles. The van der Waals surface area contributed by atoms with E-state index in [1.54, 1.807) is 0 Å². The molecule has 0 radical (unpaired) electrons. The number of halogens is 3. The van der Waals surface area contributed by atoms with Gasteiger partial charge in [0.15, 0.2) is 5.78 Å². The number of ketones is 1. The first kappa shape index (κ1) is 11.7. The van der Waals surface area contributed by atoms with Crippen molar-refractivity contribution in [3.05, 3.63) is 70.2 Å². The van der Waals surface area contributed by atoms with Gasteiger partial charge in [0.05, 0.1) is 5.56 Å². The number of carbonyl (C=O) groups is 1. The molecule has 1 nitrogen and oxygen atoms in total. The molecule has 17 heavy (non-hydrogen) atoms. The molecule has 0 saturated carbocycles. The maximum Gasteiger partial charge on any atom is 0.196 e. The fourth-order valence-electron chi connectivity index (χ4n) is 1.46. The summed E-state index contributed by atoms with van der Waals surface area (Å²) in [6, 6.07) is 8.86. The van der Waals surface area contributed by atoms with E-state index >= 15 is 0 Å². The molecule has 2 aromatic carbocycles. The Bertz CT molecular complexity index is 581. The van der Waals surface area contributed by atoms with E-state index in [1.807, 2.05) is 0 Å². The van der Waals surface area contributed by atoms with Gasteiger partial charge in [-0.1, -0.05) is 23.7 Å². The number of hydrogen-bond acceptors (Lipinski definition) is 1. The minimum atomic E-state index is -0.716. The first-order valence-electron chi connectivity index (χ1n) is 4.83. The summed E-state index contributed by atoms with van der Waals surface area (Å²) in [5, 5.41) is 0.207. The summed E-state index contributed by atoms with van der Waals surface area (Å²) in [6.07, 6.45) is 0. The molecule has 0 bridgehead atoms. The molecular weight excluding hydrogens is 246 g/mol. The lowest BCUT2D eigenvalue weighted by Gasteiger charge is -2.03. The quantitative estimate of drug-likeness (QED) is 0.742. The molecule has 0 fully saturated rings. The predicted molar refractivity (Wildman–Crippen MR) is 61.2 cm³/mol. The molecule has 0 aliphatic carbocycles. The fraction of sp³-hybridized carbons (Fsp3) is 0. The smallest absolute Gasteiger partial charge is 0.196 e. The van der Waals surface area contributed by atoms with Crippen LogP contribution < -0.4 is 0 Å². The van der Waals surface area contributed by atoms with E-state index in [1.165, 1.54) is 30.3 Å². The highest BCUT2D eigenvalue weighted by Gasteiger charge is 2.14. The van der Waals surface area contributed by atoms with Gasteiger partial charge in [-0.05, 0) is 30.3 Å². The molecule has 0 atom stereocenters. The van der Waals surface area contributed by atoms with Gasteiger partial charge < -0.3 is 0 Å². The van der Waals surface area contributed by atoms with Crippen molar-refractivity contribution < 1.29 is 13.6 Å². The Morgan fingerprint density at radius 2 is 1.82 bits per heavy atom. The zero-order valence-corrected chi connectivity index (χ0v) is 9.34. The molecule has 0 amide bonds. The van der Waals surface area contributed by atoms with Gasteiger partial charge in [0.2, 0.25) is 0 Å². The number of hydrogen-bond donors (Lipinski definition) is 0. The second-order valence-electron chi connectivity index (χ2n) is 3.46. The molecule has 0 saturated heterocycles. The van der Waals surface area contributed by atoms with Crippen LogP contribution in [0.4, 0.5) is 8.78 Å². The third kappa shape index (κ3) is 2.50. The standard InChI is InChI=1S/C13H7ClF2O/c14-9-4-5-11(12(16)7-9)13(17)8-2-1-3-10(15)6-8/h1-7H. The zero-order valence-electron chi connectivity index (χ0n) is 8.58. The fourth-order valence-corrected chi connectivity index (χ4v) is 1.62. The van der Waals surface area contributed by atoms with Gasteiger partial charge in [-0.15, -0.1) is 0 Å². The zero-order chi connectivity index (χ0) is 12.4. The highest BCUT2D eigenvalue weighted by molar-refractivity contribution is 6.30. The van der Waals surface area contributed by atoms with Crippen molar-refractivity contribution in [2.24, 2.45) is 0 Å². The second-order valence-corrected chi connectivity index (χ2v) is 3.90. The molecule has 0 N–H and O–H groups in total. The minimum Gasteiger partial charge on any atom is -0.288 e. The van der Waals surface area contributed by atoms with Gasteiger partial charge in [0.1, 0.15) is 11.6 Å². The third-order valence-electron chi connectivity index (χ3n) is 2.26. The van der Waals surface area contributed by atoms with Gasteiger partial charge in [0, 0.05) is 10.6 Å². The van der Waals surface area contributed by atoms with Crippen LogP contribution in [0.15, 0.2) is 42.5 Å². The molecule has 0 aliphatic rings. The average Bonchev–Trinajstić information content (AvgIpc) is 2.28. The number of rotatable bonds is 2. The van der Waals surface area contributed by atoms with Crippen molar-refractivity contribution in [2.75, 3.05) is 0 Å². The number of benzene rings is 2. The summed E-state index contributed by atoms with van der Waals surface area (Å²) in [5.74, 6) is -1.82. The maximum absolute atomic E-state index is 13.5. The van der Waals surface area contributed by atoms with Crippen LogP contribution in [0.25, 0.3) is 0 Å². The van der Waals surface area contributed by atoms with Crippen LogP contribution in [0.2, 0.25) is 5.02 Å². The first-order valence-corrected chi connectivity index (χ1v) is 5.21. The molecule has 0 aliphatic heterocycles. The number of carbonyl (C=O) groups excluding carboxylic acids is 1. The summed E-state index contributed by atoms with van der Waals surface area (Å²) in [4.78, 5) is 11.9. The van der Waals surface area contributed by atoms with Crippen LogP contribution in [-0.2, 0) is 0 Å². The summed E-state index contributed by atoms with van der Waals surface area (Å²) >= 11 is 5.58. The molecule has 86 valence electrons. The Balaban J connectivity index is 2.44. The van der Waals surface area contributed by atoms with Gasteiger partial charge in [0.25, 0.3) is 0 Å². The van der Waals surface area contributed by atoms with Gasteiger partial charge in [-0.25, -0.2) is 8.78 Å². The van der Waals surface area contributed by atoms with Crippen molar-refractivity contribution in [1.29, 1.82) is 0 Å². The van der Waals surface area contributed by atoms with E-state index in [0.717, 1.165) is 12.1 Å². The van der Waals surface area contributed by atoms with Crippen molar-refractivity contribution in [2.45, 2.75) is 0 Å². The van der Waals surface area contributed by atoms with E-state index < -0.39 is 17.4 Å². The van der Waals surface area contributed by atoms with Crippen LogP contribution in [0.1, 0.15) is 15.9 Å². The summed E-state index contributed by atoms with van der Waals surface area (Å²) in [6.45, 7) is 0. The summed E-state index contributed by atoms with van der Waals surface area (Å²) < 4.78 is 26.4. The molecule has 0 aromatic heterocycles. The van der Waals surface area contributed by atoms with Crippen LogP contribution in [0.5, 0.6) is 0 Å². The summed E-state index contributed by atoms with van der Waals surface area (Å²) in [5.41, 5.74) is -0.0220. The topological polar surface area (TPSA) is 17.1 Å². The maximum atomic E-state index is 13.5. The van der Waals surface area contributed by atoms with E-state index in [9.17, 15) is 13.6 Å². The Labute approximate surface area is 102 Å². The van der Waals surface area contributed by atoms with Crippen molar-refractivity contribution in [3.63, 3.8) is 0 Å². The molecule has 2 aromatic rings. The Hall–Kier alpha value is -1.74. The Morgan fingerprint density at radius 3 is 2.47 bits per heavy atom. The monoisotopic (exact) mass is 252 g/mol. The Morgan fingerprint density at radius 1 is 1.06 bits per heavy atom. The molecule has 4 heteroatoms. The Kier molecular flexibility index (Phi) is 3.20. The van der Waals surface area contributed by atoms with Gasteiger partial charge in [-0.3, -0.25) is 4.79 Å². The highest BCUT2D eigenvalue weighted by atomic mass is 35.5. The van der Waals surface area contributed by atoms with Gasteiger partial charge in [-0.2, -0.15) is 0 Å². The normalized spacial score (nSPS) is 10.3. The summed E-state index contributed by atoms with van der Waals surface area (Å²) in [7, 11) is 0. The van der Waals surface area contributed by atoms with E-state index in [4.69, 9.17) is 11.6 Å². The molecule has 0 spiro atoms. The lowest BCUT2D eigenvalue weighted by Crippen LogP contribution is -2.04. The van der Waals surface area contributed by atoms with Crippen molar-refractivity contribution in [1.82, 2.24) is 0 Å².